The van der Waals surface area contributed by atoms with Crippen molar-refractivity contribution in [1.29, 1.82) is 0 Å². The smallest absolute Gasteiger partial charge is 0.324 e. The van der Waals surface area contributed by atoms with Gasteiger partial charge in [-0.05, 0) is 60.2 Å². The third kappa shape index (κ3) is 4.12. The molecule has 0 aliphatic carbocycles. The van der Waals surface area contributed by atoms with E-state index in [0.717, 1.165) is 43.0 Å². The van der Waals surface area contributed by atoms with Crippen molar-refractivity contribution in [2.45, 2.75) is 40.2 Å². The van der Waals surface area contributed by atoms with E-state index in [2.05, 4.69) is 39.8 Å². The van der Waals surface area contributed by atoms with Crippen LogP contribution in [0, 0.1) is 13.8 Å². The van der Waals surface area contributed by atoms with Gasteiger partial charge in [-0.15, -0.1) is 11.3 Å². The van der Waals surface area contributed by atoms with E-state index in [0.29, 0.717) is 11.6 Å². The summed E-state index contributed by atoms with van der Waals surface area (Å²) in [5, 5.41) is 2.42. The summed E-state index contributed by atoms with van der Waals surface area (Å²) in [4.78, 5) is 14.7. The molecule has 0 saturated carbocycles. The van der Waals surface area contributed by atoms with Crippen LogP contribution in [0.15, 0.2) is 54.6 Å². The molecule has 1 aromatic heterocycles. The molecule has 4 rings (SSSR count). The molecule has 0 unspecified atom stereocenters. The zero-order valence-corrected chi connectivity index (χ0v) is 20.8. The maximum atomic E-state index is 13.1. The number of fused-ring (bicyclic) bond motifs is 1. The van der Waals surface area contributed by atoms with E-state index in [9.17, 15) is 4.79 Å². The topological polar surface area (TPSA) is 72.3 Å². The van der Waals surface area contributed by atoms with Crippen LogP contribution in [0.25, 0.3) is 21.2 Å². The van der Waals surface area contributed by atoms with Crippen molar-refractivity contribution in [2.24, 2.45) is 11.5 Å². The predicted octanol–water partition coefficient (Wildman–Crippen LogP) is 7.64. The van der Waals surface area contributed by atoms with Crippen molar-refractivity contribution in [3.63, 3.8) is 0 Å². The molecule has 0 radical (unpaired) electrons. The first-order valence-corrected chi connectivity index (χ1v) is 12.1. The number of carbonyl (C=O) groups excluding carboxylic acids is 1. The molecule has 4 aromatic rings. The molecule has 2 amide bonds. The number of nitrogens with two attached hydrogens (primary N) is 2. The number of benzene rings is 3. The van der Waals surface area contributed by atoms with Crippen molar-refractivity contribution in [1.82, 2.24) is 0 Å². The second-order valence-electron chi connectivity index (χ2n) is 8.58. The highest BCUT2D eigenvalue weighted by molar-refractivity contribution is 7.24. The largest absolute Gasteiger partial charge is 0.351 e. The van der Waals surface area contributed by atoms with Gasteiger partial charge in [-0.3, -0.25) is 4.90 Å². The summed E-state index contributed by atoms with van der Waals surface area (Å²) in [6, 6.07) is 17.5. The zero-order chi connectivity index (χ0) is 23.9. The number of hydrogen-bond acceptors (Lipinski definition) is 3. The zero-order valence-electron chi connectivity index (χ0n) is 19.3. The average molecular weight is 478 g/mol. The quantitative estimate of drug-likeness (QED) is 0.310. The Balaban J connectivity index is 2.14. The molecule has 33 heavy (non-hydrogen) atoms. The summed E-state index contributed by atoms with van der Waals surface area (Å²) >= 11 is 8.23. The lowest BCUT2D eigenvalue weighted by Crippen LogP contribution is -2.33. The average Bonchev–Trinajstić information content (AvgIpc) is 3.11. The Kier molecular flexibility index (Phi) is 6.48. The first kappa shape index (κ1) is 23.3. The van der Waals surface area contributed by atoms with Crippen LogP contribution in [0.1, 0.15) is 42.0 Å². The molecular formula is C27H28ClN3OS. The van der Waals surface area contributed by atoms with Crippen molar-refractivity contribution in [2.75, 3.05) is 4.90 Å². The molecule has 170 valence electrons. The molecule has 1 heterocycles. The Morgan fingerprint density at radius 3 is 2.39 bits per heavy atom. The number of thiophene rings is 1. The third-order valence-corrected chi connectivity index (χ3v) is 7.54. The fourth-order valence-corrected chi connectivity index (χ4v) is 5.79. The number of nitrogens with zero attached hydrogens (tertiary/aromatic N) is 1. The van der Waals surface area contributed by atoms with Crippen LogP contribution in [0.2, 0.25) is 5.02 Å². The monoisotopic (exact) mass is 477 g/mol. The van der Waals surface area contributed by atoms with Gasteiger partial charge in [-0.2, -0.15) is 0 Å². The van der Waals surface area contributed by atoms with Crippen LogP contribution in [0.3, 0.4) is 0 Å². The van der Waals surface area contributed by atoms with Crippen LogP contribution in [0.5, 0.6) is 0 Å². The number of anilines is 2. The molecular weight excluding hydrogens is 450 g/mol. The lowest BCUT2D eigenvalue weighted by Gasteiger charge is -2.27. The fraction of sp³-hybridized carbons (Fsp3) is 0.222. The highest BCUT2D eigenvalue weighted by atomic mass is 35.5. The van der Waals surface area contributed by atoms with E-state index < -0.39 is 6.03 Å². The molecule has 0 saturated heterocycles. The van der Waals surface area contributed by atoms with Gasteiger partial charge in [0.15, 0.2) is 0 Å². The standard InChI is InChI=1S/C27H28ClN3OS/c1-15(2)19-10-7-8-18(14-29)25(19)31(27(30)32)26-24(20-9-5-6-11-22(20)28)21-12-16(3)17(4)13-23(21)33-26/h5-13,15H,14,29H2,1-4H3,(H2,30,32). The first-order valence-electron chi connectivity index (χ1n) is 10.9. The van der Waals surface area contributed by atoms with Crippen LogP contribution >= 0.6 is 22.9 Å². The molecule has 0 aliphatic heterocycles. The van der Waals surface area contributed by atoms with Crippen LogP contribution < -0.4 is 16.4 Å². The van der Waals surface area contributed by atoms with Gasteiger partial charge < -0.3 is 11.5 Å². The van der Waals surface area contributed by atoms with E-state index >= 15 is 0 Å². The lowest BCUT2D eigenvalue weighted by atomic mass is 9.96. The van der Waals surface area contributed by atoms with E-state index in [1.165, 1.54) is 11.1 Å². The van der Waals surface area contributed by atoms with Gasteiger partial charge in [-0.1, -0.05) is 61.8 Å². The Labute approximate surface area is 203 Å². The van der Waals surface area contributed by atoms with E-state index in [-0.39, 0.29) is 5.92 Å². The number of halogens is 1. The molecule has 3 aromatic carbocycles. The van der Waals surface area contributed by atoms with E-state index in [1.54, 1.807) is 16.2 Å². The second kappa shape index (κ2) is 9.18. The summed E-state index contributed by atoms with van der Waals surface area (Å²) in [5.41, 5.74) is 19.0. The molecule has 0 bridgehead atoms. The Morgan fingerprint density at radius 2 is 1.76 bits per heavy atom. The number of amides is 2. The van der Waals surface area contributed by atoms with Crippen molar-refractivity contribution in [3.8, 4) is 11.1 Å². The number of para-hydroxylation sites is 1. The van der Waals surface area contributed by atoms with Gasteiger partial charge in [0.1, 0.15) is 5.00 Å². The van der Waals surface area contributed by atoms with Crippen molar-refractivity contribution < 1.29 is 4.79 Å². The minimum Gasteiger partial charge on any atom is -0.351 e. The fourth-order valence-electron chi connectivity index (χ4n) is 4.25. The highest BCUT2D eigenvalue weighted by Gasteiger charge is 2.29. The maximum absolute atomic E-state index is 13.1. The van der Waals surface area contributed by atoms with E-state index in [1.807, 2.05) is 42.5 Å². The molecule has 0 fully saturated rings. The maximum Gasteiger partial charge on any atom is 0.324 e. The van der Waals surface area contributed by atoms with Gasteiger partial charge in [-0.25, -0.2) is 4.79 Å². The Morgan fingerprint density at radius 1 is 1.06 bits per heavy atom. The van der Waals surface area contributed by atoms with Gasteiger partial charge in [0.05, 0.1) is 5.69 Å². The number of hydrogen-bond donors (Lipinski definition) is 2. The number of primary amides is 1. The summed E-state index contributed by atoms with van der Waals surface area (Å²) in [5.74, 6) is 0.177. The molecule has 0 aliphatic rings. The Bertz CT molecular complexity index is 1360. The number of aryl methyl sites for hydroxylation is 2. The second-order valence-corrected chi connectivity index (χ2v) is 10.0. The van der Waals surface area contributed by atoms with E-state index in [4.69, 9.17) is 23.1 Å². The molecule has 0 atom stereocenters. The summed E-state index contributed by atoms with van der Waals surface area (Å²) < 4.78 is 1.07. The summed E-state index contributed by atoms with van der Waals surface area (Å²) in [6.45, 7) is 8.69. The highest BCUT2D eigenvalue weighted by Crippen LogP contribution is 2.50. The first-order chi connectivity index (χ1) is 15.7. The van der Waals surface area contributed by atoms with Crippen molar-refractivity contribution in [3.05, 3.63) is 81.9 Å². The third-order valence-electron chi connectivity index (χ3n) is 6.07. The normalized spacial score (nSPS) is 11.4. The molecule has 4 nitrogen and oxygen atoms in total. The van der Waals surface area contributed by atoms with Gasteiger partial charge in [0.2, 0.25) is 0 Å². The summed E-state index contributed by atoms with van der Waals surface area (Å²) in [6.07, 6.45) is 0. The summed E-state index contributed by atoms with van der Waals surface area (Å²) in [7, 11) is 0. The minimum atomic E-state index is -0.550. The minimum absolute atomic E-state index is 0.177. The molecule has 4 N–H and O–H groups in total. The Hall–Kier alpha value is -2.86. The van der Waals surface area contributed by atoms with Crippen molar-refractivity contribution >= 4 is 49.7 Å². The van der Waals surface area contributed by atoms with Crippen LogP contribution in [-0.4, -0.2) is 6.03 Å². The van der Waals surface area contributed by atoms with Gasteiger partial charge in [0, 0.05) is 32.8 Å². The SMILES string of the molecule is Cc1cc2sc(N(C(N)=O)c3c(CN)cccc3C(C)C)c(-c3ccccc3Cl)c2cc1C. The predicted molar refractivity (Wildman–Crippen MR) is 142 cm³/mol. The number of rotatable bonds is 5. The number of carbonyl (C=O) groups is 1. The molecule has 6 heteroatoms. The van der Waals surface area contributed by atoms with Gasteiger partial charge in [0.25, 0.3) is 0 Å². The lowest BCUT2D eigenvalue weighted by molar-refractivity contribution is 0.256. The van der Waals surface area contributed by atoms with Crippen LogP contribution in [0.4, 0.5) is 15.5 Å². The van der Waals surface area contributed by atoms with Crippen LogP contribution in [-0.2, 0) is 6.54 Å². The molecule has 0 spiro atoms. The van der Waals surface area contributed by atoms with Gasteiger partial charge >= 0.3 is 6.03 Å². The number of urea groups is 1.